The number of hydrogen-bond acceptors (Lipinski definition) is 3. The summed E-state index contributed by atoms with van der Waals surface area (Å²) in [7, 11) is 0. The number of ketones is 1. The molecule has 2 amide bonds. The number of anilines is 2. The van der Waals surface area contributed by atoms with Crippen molar-refractivity contribution in [1.29, 1.82) is 0 Å². The van der Waals surface area contributed by atoms with Crippen molar-refractivity contribution in [3.05, 3.63) is 58.6 Å². The van der Waals surface area contributed by atoms with E-state index in [-0.39, 0.29) is 24.0 Å². The molecule has 1 unspecified atom stereocenters. The van der Waals surface area contributed by atoms with E-state index < -0.39 is 5.92 Å². The molecule has 1 N–H and O–H groups in total. The Morgan fingerprint density at radius 3 is 2.65 bits per heavy atom. The molecule has 1 aliphatic rings. The second-order valence-corrected chi connectivity index (χ2v) is 6.82. The largest absolute Gasteiger partial charge is 0.326 e. The highest BCUT2D eigenvalue weighted by Gasteiger charge is 2.35. The van der Waals surface area contributed by atoms with Gasteiger partial charge in [-0.15, -0.1) is 0 Å². The van der Waals surface area contributed by atoms with Gasteiger partial charge in [0.15, 0.2) is 5.78 Å². The van der Waals surface area contributed by atoms with E-state index in [1.807, 2.05) is 13.0 Å². The van der Waals surface area contributed by atoms with Crippen LogP contribution in [-0.2, 0) is 9.59 Å². The van der Waals surface area contributed by atoms with Crippen LogP contribution in [-0.4, -0.2) is 24.1 Å². The van der Waals surface area contributed by atoms with Crippen LogP contribution in [0, 0.1) is 12.8 Å². The molecule has 3 rings (SSSR count). The predicted molar refractivity (Wildman–Crippen MR) is 102 cm³/mol. The molecule has 1 fully saturated rings. The van der Waals surface area contributed by atoms with Gasteiger partial charge in [-0.05, 0) is 43.7 Å². The third-order valence-corrected chi connectivity index (χ3v) is 4.97. The van der Waals surface area contributed by atoms with Crippen molar-refractivity contribution < 1.29 is 14.4 Å². The van der Waals surface area contributed by atoms with E-state index in [0.29, 0.717) is 22.8 Å². The fraction of sp³-hybridized carbons (Fsp3) is 0.250. The van der Waals surface area contributed by atoms with Gasteiger partial charge >= 0.3 is 0 Å². The number of hydrogen-bond donors (Lipinski definition) is 1. The monoisotopic (exact) mass is 370 g/mol. The van der Waals surface area contributed by atoms with Crippen molar-refractivity contribution in [2.24, 2.45) is 5.92 Å². The Morgan fingerprint density at radius 2 is 1.92 bits per heavy atom. The molecule has 1 saturated heterocycles. The normalized spacial score (nSPS) is 16.7. The van der Waals surface area contributed by atoms with E-state index in [1.165, 1.54) is 6.92 Å². The van der Waals surface area contributed by atoms with Crippen LogP contribution >= 0.6 is 11.6 Å². The first-order valence-corrected chi connectivity index (χ1v) is 8.72. The lowest BCUT2D eigenvalue weighted by molar-refractivity contribution is -0.122. The first-order chi connectivity index (χ1) is 12.4. The molecule has 6 heteroatoms. The number of benzene rings is 2. The van der Waals surface area contributed by atoms with Gasteiger partial charge in [-0.2, -0.15) is 0 Å². The quantitative estimate of drug-likeness (QED) is 0.831. The smallest absolute Gasteiger partial charge is 0.229 e. The van der Waals surface area contributed by atoms with Gasteiger partial charge in [0.25, 0.3) is 0 Å². The number of halogens is 1. The molecule has 0 spiro atoms. The first kappa shape index (κ1) is 18.1. The molecule has 1 atom stereocenters. The highest BCUT2D eigenvalue weighted by Crippen LogP contribution is 2.31. The summed E-state index contributed by atoms with van der Waals surface area (Å²) in [5.74, 6) is -0.865. The van der Waals surface area contributed by atoms with Crippen molar-refractivity contribution in [2.45, 2.75) is 20.3 Å². The Kier molecular flexibility index (Phi) is 5.09. The van der Waals surface area contributed by atoms with Gasteiger partial charge in [0.2, 0.25) is 11.8 Å². The number of carbonyl (C=O) groups excluding carboxylic acids is 3. The van der Waals surface area contributed by atoms with Crippen LogP contribution in [0.1, 0.15) is 29.3 Å². The summed E-state index contributed by atoms with van der Waals surface area (Å²) in [5.41, 5.74) is 2.63. The van der Waals surface area contributed by atoms with Crippen molar-refractivity contribution in [3.63, 3.8) is 0 Å². The summed E-state index contributed by atoms with van der Waals surface area (Å²) in [6, 6.07) is 12.2. The second-order valence-electron chi connectivity index (χ2n) is 6.42. The van der Waals surface area contributed by atoms with Gasteiger partial charge in [-0.3, -0.25) is 14.4 Å². The fourth-order valence-electron chi connectivity index (χ4n) is 3.06. The zero-order chi connectivity index (χ0) is 18.8. The van der Waals surface area contributed by atoms with E-state index in [4.69, 9.17) is 11.6 Å². The van der Waals surface area contributed by atoms with E-state index in [2.05, 4.69) is 5.32 Å². The summed E-state index contributed by atoms with van der Waals surface area (Å²) < 4.78 is 0. The lowest BCUT2D eigenvalue weighted by Gasteiger charge is -2.19. The molecule has 5 nitrogen and oxygen atoms in total. The molecule has 0 aromatic heterocycles. The number of nitrogens with zero attached hydrogens (tertiary/aromatic N) is 1. The van der Waals surface area contributed by atoms with E-state index in [1.54, 1.807) is 41.3 Å². The Balaban J connectivity index is 1.74. The maximum Gasteiger partial charge on any atom is 0.229 e. The van der Waals surface area contributed by atoms with Gasteiger partial charge in [-0.1, -0.05) is 29.8 Å². The van der Waals surface area contributed by atoms with Crippen LogP contribution in [0.4, 0.5) is 11.4 Å². The van der Waals surface area contributed by atoms with Crippen molar-refractivity contribution in [3.8, 4) is 0 Å². The minimum absolute atomic E-state index is 0.0697. The van der Waals surface area contributed by atoms with E-state index >= 15 is 0 Å². The molecular formula is C20H19ClN2O3. The molecule has 2 aromatic carbocycles. The molecule has 0 aliphatic carbocycles. The highest BCUT2D eigenvalue weighted by atomic mass is 35.5. The van der Waals surface area contributed by atoms with Crippen LogP contribution in [0.3, 0.4) is 0 Å². The highest BCUT2D eigenvalue weighted by molar-refractivity contribution is 6.31. The van der Waals surface area contributed by atoms with Crippen LogP contribution < -0.4 is 10.2 Å². The molecule has 1 heterocycles. The predicted octanol–water partition coefficient (Wildman–Crippen LogP) is 3.84. The Labute approximate surface area is 156 Å². The Hall–Kier alpha value is -2.66. The van der Waals surface area contributed by atoms with Gasteiger partial charge in [0.1, 0.15) is 0 Å². The Bertz CT molecular complexity index is 894. The zero-order valence-electron chi connectivity index (χ0n) is 14.6. The number of nitrogens with one attached hydrogen (secondary N) is 1. The average molecular weight is 371 g/mol. The van der Waals surface area contributed by atoms with Crippen LogP contribution in [0.5, 0.6) is 0 Å². The standard InChI is InChI=1S/C20H19ClN2O3/c1-12-17(21)7-4-8-18(12)23-11-15(10-19(23)25)20(26)22-16-6-3-5-14(9-16)13(2)24/h3-9,15H,10-11H2,1-2H3,(H,22,26). The van der Waals surface area contributed by atoms with Gasteiger partial charge in [-0.25, -0.2) is 0 Å². The van der Waals surface area contributed by atoms with Crippen molar-refractivity contribution in [1.82, 2.24) is 0 Å². The van der Waals surface area contributed by atoms with E-state index in [9.17, 15) is 14.4 Å². The number of rotatable bonds is 4. The van der Waals surface area contributed by atoms with Gasteiger partial charge < -0.3 is 10.2 Å². The van der Waals surface area contributed by atoms with Crippen LogP contribution in [0.25, 0.3) is 0 Å². The Morgan fingerprint density at radius 1 is 1.19 bits per heavy atom. The molecule has 1 aliphatic heterocycles. The first-order valence-electron chi connectivity index (χ1n) is 8.34. The summed E-state index contributed by atoms with van der Waals surface area (Å²) in [5, 5.41) is 3.39. The third kappa shape index (κ3) is 3.63. The molecule has 0 saturated carbocycles. The van der Waals surface area contributed by atoms with Crippen molar-refractivity contribution in [2.75, 3.05) is 16.8 Å². The summed E-state index contributed by atoms with van der Waals surface area (Å²) in [6.07, 6.45) is 0.143. The maximum absolute atomic E-state index is 12.6. The number of Topliss-reactive ketones (excluding diaryl/α,β-unsaturated/α-hetero) is 1. The maximum atomic E-state index is 12.6. The van der Waals surface area contributed by atoms with Crippen molar-refractivity contribution >= 4 is 40.6 Å². The average Bonchev–Trinajstić information content (AvgIpc) is 2.99. The topological polar surface area (TPSA) is 66.5 Å². The SMILES string of the molecule is CC(=O)c1cccc(NC(=O)C2CC(=O)N(c3cccc(Cl)c3C)C2)c1. The van der Waals surface area contributed by atoms with Crippen LogP contribution in [0.15, 0.2) is 42.5 Å². The summed E-state index contributed by atoms with van der Waals surface area (Å²) >= 11 is 6.14. The third-order valence-electron chi connectivity index (χ3n) is 4.56. The molecule has 134 valence electrons. The van der Waals surface area contributed by atoms with Crippen LogP contribution in [0.2, 0.25) is 5.02 Å². The van der Waals surface area contributed by atoms with E-state index in [0.717, 1.165) is 11.3 Å². The molecule has 0 radical (unpaired) electrons. The molecule has 0 bridgehead atoms. The second kappa shape index (κ2) is 7.30. The van der Waals surface area contributed by atoms with Gasteiger partial charge in [0.05, 0.1) is 5.92 Å². The molecule has 2 aromatic rings. The minimum atomic E-state index is -0.457. The van der Waals surface area contributed by atoms with Gasteiger partial charge in [0, 0.05) is 34.9 Å². The molecule has 26 heavy (non-hydrogen) atoms. The fourth-order valence-corrected chi connectivity index (χ4v) is 3.23. The minimum Gasteiger partial charge on any atom is -0.326 e. The molecular weight excluding hydrogens is 352 g/mol. The summed E-state index contributed by atoms with van der Waals surface area (Å²) in [4.78, 5) is 38.1. The lowest BCUT2D eigenvalue weighted by Crippen LogP contribution is -2.28. The zero-order valence-corrected chi connectivity index (χ0v) is 15.3. The number of amides is 2. The number of carbonyl (C=O) groups is 3. The lowest BCUT2D eigenvalue weighted by atomic mass is 10.1. The summed E-state index contributed by atoms with van der Waals surface area (Å²) in [6.45, 7) is 3.63.